The van der Waals surface area contributed by atoms with Gasteiger partial charge in [0.05, 0.1) is 11.4 Å². The summed E-state index contributed by atoms with van der Waals surface area (Å²) in [6, 6.07) is 14.4. The Balaban J connectivity index is 1.91. The molecular formula is C16H14Cl2N2O2. The predicted molar refractivity (Wildman–Crippen MR) is 88.0 cm³/mol. The number of hydrogen-bond donors (Lipinski definition) is 1. The van der Waals surface area contributed by atoms with Gasteiger partial charge in [0.1, 0.15) is 0 Å². The molecule has 22 heavy (non-hydrogen) atoms. The number of nitrogens with zero attached hydrogens (tertiary/aromatic N) is 1. The van der Waals surface area contributed by atoms with E-state index < -0.39 is 5.97 Å². The van der Waals surface area contributed by atoms with Gasteiger partial charge in [-0.3, -0.25) is 0 Å². The fourth-order valence-corrected chi connectivity index (χ4v) is 2.29. The summed E-state index contributed by atoms with van der Waals surface area (Å²) in [6.45, 7) is 0. The van der Waals surface area contributed by atoms with Gasteiger partial charge in [0, 0.05) is 10.6 Å². The molecule has 0 aromatic heterocycles. The van der Waals surface area contributed by atoms with Crippen molar-refractivity contribution in [2.75, 3.05) is 0 Å². The zero-order valence-corrected chi connectivity index (χ0v) is 13.1. The van der Waals surface area contributed by atoms with Crippen molar-refractivity contribution in [3.05, 3.63) is 69.7 Å². The molecule has 0 amide bonds. The largest absolute Gasteiger partial charge is 0.380 e. The minimum Gasteiger partial charge on any atom is -0.380 e. The minimum atomic E-state index is -0.461. The number of rotatable bonds is 5. The predicted octanol–water partition coefficient (Wildman–Crippen LogP) is 3.79. The number of oxime groups is 1. The minimum absolute atomic E-state index is 0.0229. The molecule has 0 fully saturated rings. The van der Waals surface area contributed by atoms with Gasteiger partial charge in [0.25, 0.3) is 0 Å². The second kappa shape index (κ2) is 7.82. The van der Waals surface area contributed by atoms with E-state index in [0.717, 1.165) is 5.56 Å². The first kappa shape index (κ1) is 16.3. The van der Waals surface area contributed by atoms with E-state index in [2.05, 4.69) is 5.16 Å². The quantitative estimate of drug-likeness (QED) is 0.391. The Hall–Kier alpha value is -2.04. The van der Waals surface area contributed by atoms with Crippen LogP contribution in [0.25, 0.3) is 0 Å². The zero-order chi connectivity index (χ0) is 15.9. The molecule has 2 aromatic carbocycles. The molecule has 0 aliphatic carbocycles. The summed E-state index contributed by atoms with van der Waals surface area (Å²) in [5, 5.41) is 4.44. The van der Waals surface area contributed by atoms with E-state index >= 15 is 0 Å². The Labute approximate surface area is 138 Å². The van der Waals surface area contributed by atoms with Crippen LogP contribution in [0.3, 0.4) is 0 Å². The van der Waals surface area contributed by atoms with Crippen LogP contribution in [0.1, 0.15) is 17.5 Å². The van der Waals surface area contributed by atoms with Gasteiger partial charge in [-0.05, 0) is 30.2 Å². The van der Waals surface area contributed by atoms with Crippen LogP contribution in [-0.4, -0.2) is 11.8 Å². The summed E-state index contributed by atoms with van der Waals surface area (Å²) < 4.78 is 0. The van der Waals surface area contributed by atoms with Crippen molar-refractivity contribution in [3.8, 4) is 0 Å². The van der Waals surface area contributed by atoms with Gasteiger partial charge >= 0.3 is 5.97 Å². The summed E-state index contributed by atoms with van der Waals surface area (Å²) in [6.07, 6.45) is 0.798. The fourth-order valence-electron chi connectivity index (χ4n) is 1.78. The van der Waals surface area contributed by atoms with Crippen molar-refractivity contribution in [2.24, 2.45) is 10.9 Å². The molecule has 0 atom stereocenters. The normalized spacial score (nSPS) is 11.3. The third-order valence-corrected chi connectivity index (χ3v) is 3.46. The molecule has 0 aliphatic rings. The van der Waals surface area contributed by atoms with Gasteiger partial charge in [0.2, 0.25) is 0 Å². The summed E-state index contributed by atoms with van der Waals surface area (Å²) in [7, 11) is 0. The Morgan fingerprint density at radius 2 is 1.86 bits per heavy atom. The first-order chi connectivity index (χ1) is 10.6. The summed E-state index contributed by atoms with van der Waals surface area (Å²) >= 11 is 11.8. The van der Waals surface area contributed by atoms with E-state index in [9.17, 15) is 4.79 Å². The van der Waals surface area contributed by atoms with Crippen LogP contribution in [0, 0.1) is 0 Å². The number of carbonyl (C=O) groups is 1. The lowest BCUT2D eigenvalue weighted by atomic mass is 10.1. The highest BCUT2D eigenvalue weighted by molar-refractivity contribution is 6.36. The average Bonchev–Trinajstić information content (AvgIpc) is 2.51. The summed E-state index contributed by atoms with van der Waals surface area (Å²) in [4.78, 5) is 16.4. The molecule has 0 unspecified atom stereocenters. The first-order valence-electron chi connectivity index (χ1n) is 6.59. The molecular weight excluding hydrogens is 323 g/mol. The van der Waals surface area contributed by atoms with E-state index in [1.165, 1.54) is 6.07 Å². The maximum Gasteiger partial charge on any atom is 0.335 e. The van der Waals surface area contributed by atoms with Crippen LogP contribution in [0.15, 0.2) is 53.7 Å². The van der Waals surface area contributed by atoms with Gasteiger partial charge < -0.3 is 10.6 Å². The Kier molecular flexibility index (Phi) is 5.81. The van der Waals surface area contributed by atoms with Crippen molar-refractivity contribution < 1.29 is 9.63 Å². The van der Waals surface area contributed by atoms with E-state index in [0.29, 0.717) is 22.0 Å². The van der Waals surface area contributed by atoms with Crippen LogP contribution in [0.5, 0.6) is 0 Å². The highest BCUT2D eigenvalue weighted by Gasteiger charge is 2.08. The number of benzene rings is 2. The lowest BCUT2D eigenvalue weighted by molar-refractivity contribution is -0.143. The number of nitrogens with two attached hydrogens (primary N) is 1. The van der Waals surface area contributed by atoms with Gasteiger partial charge in [-0.1, -0.05) is 58.7 Å². The number of aryl methyl sites for hydroxylation is 1. The van der Waals surface area contributed by atoms with Gasteiger partial charge in [-0.25, -0.2) is 4.79 Å². The molecule has 2 rings (SSSR count). The molecule has 6 heteroatoms. The van der Waals surface area contributed by atoms with Crippen molar-refractivity contribution in [2.45, 2.75) is 12.8 Å². The standard InChI is InChI=1S/C16H14Cl2N2O2/c17-12-7-8-13(14(18)10-12)16(19)20-22-15(21)9-6-11-4-2-1-3-5-11/h1-5,7-8,10H,6,9H2,(H2,19,20). The van der Waals surface area contributed by atoms with Crippen molar-refractivity contribution in [3.63, 3.8) is 0 Å². The van der Waals surface area contributed by atoms with E-state index in [1.807, 2.05) is 30.3 Å². The van der Waals surface area contributed by atoms with Crippen LogP contribution >= 0.6 is 23.2 Å². The zero-order valence-electron chi connectivity index (χ0n) is 11.6. The molecule has 0 spiro atoms. The Morgan fingerprint density at radius 1 is 1.14 bits per heavy atom. The maximum atomic E-state index is 11.7. The van der Waals surface area contributed by atoms with Crippen LogP contribution < -0.4 is 5.73 Å². The van der Waals surface area contributed by atoms with Crippen molar-refractivity contribution in [1.82, 2.24) is 0 Å². The van der Waals surface area contributed by atoms with Crippen molar-refractivity contribution in [1.29, 1.82) is 0 Å². The van der Waals surface area contributed by atoms with Gasteiger partial charge in [0.15, 0.2) is 5.84 Å². The molecule has 0 heterocycles. The third-order valence-electron chi connectivity index (χ3n) is 2.91. The molecule has 4 nitrogen and oxygen atoms in total. The molecule has 2 aromatic rings. The maximum absolute atomic E-state index is 11.7. The van der Waals surface area contributed by atoms with Crippen molar-refractivity contribution >= 4 is 35.0 Å². The summed E-state index contributed by atoms with van der Waals surface area (Å²) in [5.41, 5.74) is 7.26. The smallest absolute Gasteiger partial charge is 0.335 e. The molecule has 0 bridgehead atoms. The fraction of sp³-hybridized carbons (Fsp3) is 0.125. The monoisotopic (exact) mass is 336 g/mol. The van der Waals surface area contributed by atoms with Gasteiger partial charge in [-0.2, -0.15) is 0 Å². The highest BCUT2D eigenvalue weighted by atomic mass is 35.5. The van der Waals surface area contributed by atoms with Gasteiger partial charge in [-0.15, -0.1) is 0 Å². The second-order valence-electron chi connectivity index (χ2n) is 4.55. The third kappa shape index (κ3) is 4.76. The number of carbonyl (C=O) groups excluding carboxylic acids is 1. The number of amidine groups is 1. The number of halogens is 2. The summed E-state index contributed by atoms with van der Waals surface area (Å²) in [5.74, 6) is -0.438. The van der Waals surface area contributed by atoms with E-state index in [1.54, 1.807) is 12.1 Å². The Morgan fingerprint density at radius 3 is 2.55 bits per heavy atom. The van der Waals surface area contributed by atoms with Crippen LogP contribution in [-0.2, 0) is 16.1 Å². The Bertz CT molecular complexity index is 688. The average molecular weight is 337 g/mol. The first-order valence-corrected chi connectivity index (χ1v) is 7.34. The molecule has 0 aliphatic heterocycles. The molecule has 2 N–H and O–H groups in total. The lowest BCUT2D eigenvalue weighted by Crippen LogP contribution is -2.16. The molecule has 114 valence electrons. The molecule has 0 saturated carbocycles. The molecule has 0 radical (unpaired) electrons. The highest BCUT2D eigenvalue weighted by Crippen LogP contribution is 2.20. The SMILES string of the molecule is N/C(=N\OC(=O)CCc1ccccc1)c1ccc(Cl)cc1Cl. The van der Waals surface area contributed by atoms with Crippen LogP contribution in [0.2, 0.25) is 10.0 Å². The van der Waals surface area contributed by atoms with E-state index in [-0.39, 0.29) is 12.3 Å². The van der Waals surface area contributed by atoms with E-state index in [4.69, 9.17) is 33.8 Å². The second-order valence-corrected chi connectivity index (χ2v) is 5.39. The molecule has 0 saturated heterocycles. The number of hydrogen-bond acceptors (Lipinski definition) is 3. The van der Waals surface area contributed by atoms with Crippen LogP contribution in [0.4, 0.5) is 0 Å². The lowest BCUT2D eigenvalue weighted by Gasteiger charge is -2.04. The topological polar surface area (TPSA) is 64.7 Å².